The van der Waals surface area contributed by atoms with Gasteiger partial charge < -0.3 is 10.2 Å². The van der Waals surface area contributed by atoms with Gasteiger partial charge in [0.1, 0.15) is 0 Å². The molecule has 1 fully saturated rings. The van der Waals surface area contributed by atoms with E-state index in [-0.39, 0.29) is 23.6 Å². The summed E-state index contributed by atoms with van der Waals surface area (Å²) in [5.41, 5.74) is 1.31. The lowest BCUT2D eigenvalue weighted by molar-refractivity contribution is 0.0725. The lowest BCUT2D eigenvalue weighted by atomic mass is 10.2. The highest BCUT2D eigenvalue weighted by Crippen LogP contribution is 2.23. The Morgan fingerprint density at radius 3 is 2.82 bits per heavy atom. The van der Waals surface area contributed by atoms with E-state index in [1.165, 1.54) is 11.3 Å². The Morgan fingerprint density at radius 2 is 2.04 bits per heavy atom. The maximum atomic E-state index is 12.7. The Morgan fingerprint density at radius 1 is 1.18 bits per heavy atom. The van der Waals surface area contributed by atoms with Crippen LogP contribution in [-0.4, -0.2) is 44.3 Å². The minimum absolute atomic E-state index is 0.0662. The van der Waals surface area contributed by atoms with Crippen LogP contribution in [0.3, 0.4) is 0 Å². The molecule has 0 aliphatic carbocycles. The number of nitrogens with one attached hydrogen (secondary N) is 1. The molecule has 0 radical (unpaired) electrons. The van der Waals surface area contributed by atoms with Crippen LogP contribution in [0.25, 0.3) is 0 Å². The number of benzene rings is 1. The summed E-state index contributed by atoms with van der Waals surface area (Å²) in [6.07, 6.45) is 3.54. The average Bonchev–Trinajstić information content (AvgIpc) is 3.48. The summed E-state index contributed by atoms with van der Waals surface area (Å²) in [6, 6.07) is 13.5. The van der Waals surface area contributed by atoms with E-state index in [1.54, 1.807) is 10.9 Å². The second kappa shape index (κ2) is 8.35. The molecule has 28 heavy (non-hydrogen) atoms. The first-order chi connectivity index (χ1) is 13.7. The first-order valence-electron chi connectivity index (χ1n) is 9.27. The van der Waals surface area contributed by atoms with Gasteiger partial charge in [-0.15, -0.1) is 16.4 Å². The summed E-state index contributed by atoms with van der Waals surface area (Å²) in [5, 5.41) is 12.8. The third-order valence-electron chi connectivity index (χ3n) is 4.83. The zero-order valence-electron chi connectivity index (χ0n) is 15.3. The number of carbonyl (C=O) groups is 2. The molecule has 3 heterocycles. The number of aromatic nitrogens is 3. The minimum atomic E-state index is -0.256. The first-order valence-corrected chi connectivity index (χ1v) is 10.2. The number of hydrogen-bond donors (Lipinski definition) is 1. The number of rotatable bonds is 6. The Labute approximate surface area is 167 Å². The highest BCUT2D eigenvalue weighted by molar-refractivity contribution is 7.12. The molecule has 7 nitrogen and oxygen atoms in total. The van der Waals surface area contributed by atoms with Crippen LogP contribution < -0.4 is 5.32 Å². The van der Waals surface area contributed by atoms with Gasteiger partial charge in [-0.05, 0) is 29.9 Å². The van der Waals surface area contributed by atoms with Gasteiger partial charge in [0, 0.05) is 13.1 Å². The standard InChI is InChI=1S/C20H21N5O2S/c26-19(21-12-15-6-2-1-3-7-15)17-14-24(23-22-17)13-16-8-4-10-25(16)20(27)18-9-5-11-28-18/h1-3,5-7,9,11,14,16H,4,8,10,12-13H2,(H,21,26)/t16-/m0/s1. The van der Waals surface area contributed by atoms with Crippen LogP contribution in [0, 0.1) is 0 Å². The van der Waals surface area contributed by atoms with E-state index in [0.29, 0.717) is 13.1 Å². The van der Waals surface area contributed by atoms with Crippen LogP contribution in [-0.2, 0) is 13.1 Å². The molecule has 1 N–H and O–H groups in total. The zero-order chi connectivity index (χ0) is 19.3. The number of thiophene rings is 1. The van der Waals surface area contributed by atoms with E-state index >= 15 is 0 Å². The van der Waals surface area contributed by atoms with Crippen LogP contribution in [0.1, 0.15) is 38.6 Å². The van der Waals surface area contributed by atoms with Crippen molar-refractivity contribution in [2.75, 3.05) is 6.54 Å². The Balaban J connectivity index is 1.36. The number of nitrogens with zero attached hydrogens (tertiary/aromatic N) is 4. The Kier molecular flexibility index (Phi) is 5.48. The van der Waals surface area contributed by atoms with E-state index in [4.69, 9.17) is 0 Å². The van der Waals surface area contributed by atoms with Gasteiger partial charge in [0.2, 0.25) is 0 Å². The predicted octanol–water partition coefficient (Wildman–Crippen LogP) is 2.57. The SMILES string of the molecule is O=C(NCc1ccccc1)c1cn(C[C@@H]2CCCN2C(=O)c2cccs2)nn1. The fourth-order valence-electron chi connectivity index (χ4n) is 3.41. The molecule has 144 valence electrons. The second-order valence-corrected chi connectivity index (χ2v) is 7.71. The van der Waals surface area contributed by atoms with Gasteiger partial charge in [-0.25, -0.2) is 4.68 Å². The van der Waals surface area contributed by atoms with Crippen LogP contribution >= 0.6 is 11.3 Å². The molecule has 3 aromatic rings. The fourth-order valence-corrected chi connectivity index (χ4v) is 4.09. The van der Waals surface area contributed by atoms with Crippen molar-refractivity contribution in [3.63, 3.8) is 0 Å². The van der Waals surface area contributed by atoms with Crippen molar-refractivity contribution in [1.82, 2.24) is 25.2 Å². The molecule has 4 rings (SSSR count). The van der Waals surface area contributed by atoms with Crippen LogP contribution in [0.4, 0.5) is 0 Å². The molecular formula is C20H21N5O2S. The van der Waals surface area contributed by atoms with Gasteiger partial charge in [-0.3, -0.25) is 9.59 Å². The normalized spacial score (nSPS) is 16.3. The highest BCUT2D eigenvalue weighted by Gasteiger charge is 2.30. The van der Waals surface area contributed by atoms with E-state index in [2.05, 4.69) is 15.6 Å². The lowest BCUT2D eigenvalue weighted by Crippen LogP contribution is -2.37. The van der Waals surface area contributed by atoms with Crippen molar-refractivity contribution in [2.45, 2.75) is 32.0 Å². The molecule has 0 unspecified atom stereocenters. The molecule has 8 heteroatoms. The van der Waals surface area contributed by atoms with Gasteiger partial charge in [0.15, 0.2) is 5.69 Å². The van der Waals surface area contributed by atoms with Crippen molar-refractivity contribution in [1.29, 1.82) is 0 Å². The largest absolute Gasteiger partial charge is 0.347 e. The van der Waals surface area contributed by atoms with Gasteiger partial charge in [-0.2, -0.15) is 0 Å². The van der Waals surface area contributed by atoms with E-state index in [1.807, 2.05) is 52.7 Å². The molecule has 0 bridgehead atoms. The van der Waals surface area contributed by atoms with Gasteiger partial charge in [-0.1, -0.05) is 41.6 Å². The molecular weight excluding hydrogens is 374 g/mol. The summed E-state index contributed by atoms with van der Waals surface area (Å²) in [6.45, 7) is 1.73. The minimum Gasteiger partial charge on any atom is -0.347 e. The summed E-state index contributed by atoms with van der Waals surface area (Å²) >= 11 is 1.46. The van der Waals surface area contributed by atoms with E-state index < -0.39 is 0 Å². The van der Waals surface area contributed by atoms with Crippen LogP contribution in [0.5, 0.6) is 0 Å². The zero-order valence-corrected chi connectivity index (χ0v) is 16.1. The predicted molar refractivity (Wildman–Crippen MR) is 106 cm³/mol. The summed E-state index contributed by atoms with van der Waals surface area (Å²) < 4.78 is 1.65. The van der Waals surface area contributed by atoms with Crippen molar-refractivity contribution >= 4 is 23.2 Å². The highest BCUT2D eigenvalue weighted by atomic mass is 32.1. The molecule has 1 aliphatic rings. The maximum absolute atomic E-state index is 12.7. The van der Waals surface area contributed by atoms with Crippen molar-refractivity contribution < 1.29 is 9.59 Å². The third-order valence-corrected chi connectivity index (χ3v) is 5.69. The Bertz CT molecular complexity index is 939. The fraction of sp³-hybridized carbons (Fsp3) is 0.300. The topological polar surface area (TPSA) is 80.1 Å². The van der Waals surface area contributed by atoms with Crippen LogP contribution in [0.15, 0.2) is 54.0 Å². The third kappa shape index (κ3) is 4.12. The van der Waals surface area contributed by atoms with E-state index in [0.717, 1.165) is 29.8 Å². The van der Waals surface area contributed by atoms with E-state index in [9.17, 15) is 9.59 Å². The Hall–Kier alpha value is -3.00. The molecule has 2 amide bonds. The summed E-state index contributed by atoms with van der Waals surface area (Å²) in [5.74, 6) is -0.188. The van der Waals surface area contributed by atoms with Crippen LogP contribution in [0.2, 0.25) is 0 Å². The average molecular weight is 395 g/mol. The first kappa shape index (κ1) is 18.4. The molecule has 1 aliphatic heterocycles. The van der Waals surface area contributed by atoms with Crippen molar-refractivity contribution in [3.8, 4) is 0 Å². The van der Waals surface area contributed by atoms with Crippen molar-refractivity contribution in [3.05, 3.63) is 70.2 Å². The number of amides is 2. The molecule has 1 atom stereocenters. The smallest absolute Gasteiger partial charge is 0.273 e. The molecule has 0 spiro atoms. The van der Waals surface area contributed by atoms with Gasteiger partial charge in [0.25, 0.3) is 11.8 Å². The maximum Gasteiger partial charge on any atom is 0.273 e. The molecule has 1 saturated heterocycles. The molecule has 0 saturated carbocycles. The number of likely N-dealkylation sites (tertiary alicyclic amines) is 1. The monoisotopic (exact) mass is 395 g/mol. The van der Waals surface area contributed by atoms with Gasteiger partial charge >= 0.3 is 0 Å². The second-order valence-electron chi connectivity index (χ2n) is 6.77. The molecule has 2 aromatic heterocycles. The summed E-state index contributed by atoms with van der Waals surface area (Å²) in [4.78, 5) is 27.6. The quantitative estimate of drug-likeness (QED) is 0.696. The van der Waals surface area contributed by atoms with Crippen molar-refractivity contribution in [2.24, 2.45) is 0 Å². The number of carbonyl (C=O) groups excluding carboxylic acids is 2. The molecule has 1 aromatic carbocycles. The number of hydrogen-bond acceptors (Lipinski definition) is 5. The van der Waals surface area contributed by atoms with Gasteiger partial charge in [0.05, 0.1) is 23.7 Å². The lowest BCUT2D eigenvalue weighted by Gasteiger charge is -2.23. The summed E-state index contributed by atoms with van der Waals surface area (Å²) in [7, 11) is 0.